The quantitative estimate of drug-likeness (QED) is 0.802. The molecule has 0 aliphatic heterocycles. The predicted octanol–water partition coefficient (Wildman–Crippen LogP) is 3.39. The van der Waals surface area contributed by atoms with Crippen LogP contribution in [0.4, 0.5) is 4.39 Å². The van der Waals surface area contributed by atoms with Crippen LogP contribution in [0.5, 0.6) is 11.5 Å². The van der Waals surface area contributed by atoms with Crippen molar-refractivity contribution in [3.8, 4) is 28.4 Å². The number of halogens is 1. The average molecular weight is 284 g/mol. The van der Waals surface area contributed by atoms with Crippen LogP contribution in [-0.4, -0.2) is 22.0 Å². The molecule has 0 aliphatic rings. The molecule has 1 N–H and O–H groups in total. The Bertz CT molecular complexity index is 783. The van der Waals surface area contributed by atoms with E-state index in [1.54, 1.807) is 24.1 Å². The fourth-order valence-electron chi connectivity index (χ4n) is 2.23. The molecule has 1 heterocycles. The zero-order chi connectivity index (χ0) is 14.8. The number of methoxy groups -OCH3 is 1. The number of aromatic hydroxyl groups is 1. The lowest BCUT2D eigenvalue weighted by Crippen LogP contribution is -2.01. The van der Waals surface area contributed by atoms with Gasteiger partial charge in [0.15, 0.2) is 0 Å². The van der Waals surface area contributed by atoms with Crippen molar-refractivity contribution >= 4 is 0 Å². The molecule has 0 radical (unpaired) electrons. The smallest absolute Gasteiger partial charge is 0.144 e. The number of aromatic nitrogens is 2. The molecule has 0 fully saturated rings. The number of phenolic OH excluding ortho intramolecular Hbond substituents is 1. The summed E-state index contributed by atoms with van der Waals surface area (Å²) in [6.45, 7) is 0. The molecule has 3 aromatic rings. The molecule has 0 bridgehead atoms. The maximum absolute atomic E-state index is 13.1. The molecule has 4 nitrogen and oxygen atoms in total. The fraction of sp³-hybridized carbons (Fsp3) is 0.0625. The van der Waals surface area contributed by atoms with Crippen LogP contribution in [-0.2, 0) is 0 Å². The predicted molar refractivity (Wildman–Crippen MR) is 77.2 cm³/mol. The molecule has 0 spiro atoms. The first kappa shape index (κ1) is 13.2. The van der Waals surface area contributed by atoms with Gasteiger partial charge in [-0.1, -0.05) is 12.1 Å². The summed E-state index contributed by atoms with van der Waals surface area (Å²) in [5.74, 6) is 0.0373. The third-order valence-corrected chi connectivity index (χ3v) is 3.19. The molecule has 0 atom stereocenters. The van der Waals surface area contributed by atoms with Crippen LogP contribution in [0.1, 0.15) is 0 Å². The Kier molecular flexibility index (Phi) is 3.31. The standard InChI is InChI=1S/C16H13FN2O2/c1-21-16-5-3-2-4-14(16)19-13(8-9-18-19)12-7-6-11(17)10-15(12)20/h2-10,20H,1H3. The highest BCUT2D eigenvalue weighted by Crippen LogP contribution is 2.33. The monoisotopic (exact) mass is 284 g/mol. The summed E-state index contributed by atoms with van der Waals surface area (Å²) in [6, 6.07) is 13.1. The third-order valence-electron chi connectivity index (χ3n) is 3.19. The van der Waals surface area contributed by atoms with Crippen LogP contribution in [0, 0.1) is 5.82 Å². The van der Waals surface area contributed by atoms with Crippen molar-refractivity contribution in [3.05, 3.63) is 60.5 Å². The summed E-state index contributed by atoms with van der Waals surface area (Å²) in [5, 5.41) is 14.2. The second-order valence-corrected chi connectivity index (χ2v) is 4.46. The van der Waals surface area contributed by atoms with Crippen LogP contribution in [0.3, 0.4) is 0 Å². The van der Waals surface area contributed by atoms with Crippen molar-refractivity contribution in [2.24, 2.45) is 0 Å². The number of ether oxygens (including phenoxy) is 1. The topological polar surface area (TPSA) is 47.3 Å². The van der Waals surface area contributed by atoms with Gasteiger partial charge in [-0.15, -0.1) is 0 Å². The molecular formula is C16H13FN2O2. The van der Waals surface area contributed by atoms with Gasteiger partial charge in [0.1, 0.15) is 23.0 Å². The largest absolute Gasteiger partial charge is 0.507 e. The van der Waals surface area contributed by atoms with E-state index < -0.39 is 5.82 Å². The normalized spacial score (nSPS) is 10.6. The molecule has 0 aliphatic carbocycles. The Balaban J connectivity index is 2.17. The summed E-state index contributed by atoms with van der Waals surface area (Å²) >= 11 is 0. The van der Waals surface area contributed by atoms with E-state index in [1.807, 2.05) is 24.3 Å². The van der Waals surface area contributed by atoms with Gasteiger partial charge in [0.25, 0.3) is 0 Å². The Morgan fingerprint density at radius 1 is 1.14 bits per heavy atom. The van der Waals surface area contributed by atoms with E-state index in [0.29, 0.717) is 17.0 Å². The van der Waals surface area contributed by atoms with Crippen LogP contribution in [0.25, 0.3) is 16.9 Å². The molecule has 0 unspecified atom stereocenters. The van der Waals surface area contributed by atoms with E-state index in [2.05, 4.69) is 5.10 Å². The molecule has 5 heteroatoms. The van der Waals surface area contributed by atoms with Crippen molar-refractivity contribution in [1.82, 2.24) is 9.78 Å². The van der Waals surface area contributed by atoms with Crippen molar-refractivity contribution in [3.63, 3.8) is 0 Å². The number of benzene rings is 2. The van der Waals surface area contributed by atoms with Crippen LogP contribution >= 0.6 is 0 Å². The van der Waals surface area contributed by atoms with E-state index in [-0.39, 0.29) is 5.75 Å². The maximum Gasteiger partial charge on any atom is 0.144 e. The van der Waals surface area contributed by atoms with Gasteiger partial charge in [-0.05, 0) is 30.3 Å². The average Bonchev–Trinajstić information content (AvgIpc) is 2.96. The van der Waals surface area contributed by atoms with E-state index in [0.717, 1.165) is 11.8 Å². The lowest BCUT2D eigenvalue weighted by molar-refractivity contribution is 0.412. The Morgan fingerprint density at radius 2 is 1.95 bits per heavy atom. The zero-order valence-corrected chi connectivity index (χ0v) is 11.3. The summed E-state index contributed by atoms with van der Waals surface area (Å²) in [4.78, 5) is 0. The number of rotatable bonds is 3. The van der Waals surface area contributed by atoms with Crippen molar-refractivity contribution in [2.45, 2.75) is 0 Å². The minimum Gasteiger partial charge on any atom is -0.507 e. The third kappa shape index (κ3) is 2.33. The van der Waals surface area contributed by atoms with Crippen LogP contribution < -0.4 is 4.74 Å². The van der Waals surface area contributed by atoms with Crippen LogP contribution in [0.2, 0.25) is 0 Å². The van der Waals surface area contributed by atoms with E-state index in [9.17, 15) is 9.50 Å². The number of para-hydroxylation sites is 2. The molecule has 2 aromatic carbocycles. The van der Waals surface area contributed by atoms with E-state index in [1.165, 1.54) is 12.1 Å². The number of nitrogens with zero attached hydrogens (tertiary/aromatic N) is 2. The molecule has 0 amide bonds. The number of phenols is 1. The molecule has 21 heavy (non-hydrogen) atoms. The lowest BCUT2D eigenvalue weighted by Gasteiger charge is -2.12. The lowest BCUT2D eigenvalue weighted by atomic mass is 10.1. The molecular weight excluding hydrogens is 271 g/mol. The van der Waals surface area contributed by atoms with Gasteiger partial charge in [-0.3, -0.25) is 0 Å². The van der Waals surface area contributed by atoms with E-state index in [4.69, 9.17) is 4.74 Å². The molecule has 1 aromatic heterocycles. The van der Waals surface area contributed by atoms with Gasteiger partial charge in [0.2, 0.25) is 0 Å². The summed E-state index contributed by atoms with van der Waals surface area (Å²) in [5.41, 5.74) is 1.89. The van der Waals surface area contributed by atoms with Gasteiger partial charge >= 0.3 is 0 Å². The second kappa shape index (κ2) is 5.28. The van der Waals surface area contributed by atoms with Gasteiger partial charge in [-0.2, -0.15) is 5.10 Å². The van der Waals surface area contributed by atoms with E-state index >= 15 is 0 Å². The second-order valence-electron chi connectivity index (χ2n) is 4.46. The molecule has 0 saturated heterocycles. The fourth-order valence-corrected chi connectivity index (χ4v) is 2.23. The van der Waals surface area contributed by atoms with Gasteiger partial charge in [0, 0.05) is 11.6 Å². The maximum atomic E-state index is 13.1. The Labute approximate surface area is 121 Å². The molecule has 106 valence electrons. The summed E-state index contributed by atoms with van der Waals surface area (Å²) < 4.78 is 20.1. The zero-order valence-electron chi connectivity index (χ0n) is 11.3. The first-order valence-corrected chi connectivity index (χ1v) is 6.37. The highest BCUT2D eigenvalue weighted by molar-refractivity contribution is 5.69. The minimum absolute atomic E-state index is 0.133. The Hall–Kier alpha value is -2.82. The minimum atomic E-state index is -0.486. The molecule has 0 saturated carbocycles. The van der Waals surface area contributed by atoms with Gasteiger partial charge in [0.05, 0.1) is 19.0 Å². The van der Waals surface area contributed by atoms with Gasteiger partial charge < -0.3 is 9.84 Å². The summed E-state index contributed by atoms with van der Waals surface area (Å²) in [7, 11) is 1.58. The van der Waals surface area contributed by atoms with Crippen molar-refractivity contribution in [1.29, 1.82) is 0 Å². The van der Waals surface area contributed by atoms with Crippen molar-refractivity contribution in [2.75, 3.05) is 7.11 Å². The highest BCUT2D eigenvalue weighted by Gasteiger charge is 2.14. The first-order valence-electron chi connectivity index (χ1n) is 6.37. The SMILES string of the molecule is COc1ccccc1-n1nccc1-c1ccc(F)cc1O. The van der Waals surface area contributed by atoms with Crippen molar-refractivity contribution < 1.29 is 14.2 Å². The Morgan fingerprint density at radius 3 is 2.71 bits per heavy atom. The van der Waals surface area contributed by atoms with Crippen LogP contribution in [0.15, 0.2) is 54.7 Å². The number of hydrogen-bond acceptors (Lipinski definition) is 3. The highest BCUT2D eigenvalue weighted by atomic mass is 19.1. The molecule has 3 rings (SSSR count). The first-order chi connectivity index (χ1) is 10.2. The van der Waals surface area contributed by atoms with Gasteiger partial charge in [-0.25, -0.2) is 9.07 Å². The summed E-state index contributed by atoms with van der Waals surface area (Å²) in [6.07, 6.45) is 1.62. The number of hydrogen-bond donors (Lipinski definition) is 1.